The summed E-state index contributed by atoms with van der Waals surface area (Å²) >= 11 is 6.10. The van der Waals surface area contributed by atoms with Crippen LogP contribution < -0.4 is 15.0 Å². The van der Waals surface area contributed by atoms with Gasteiger partial charge in [-0.15, -0.1) is 0 Å². The van der Waals surface area contributed by atoms with Gasteiger partial charge in [0.1, 0.15) is 17.3 Å². The van der Waals surface area contributed by atoms with Gasteiger partial charge in [-0.2, -0.15) is 0 Å². The minimum Gasteiger partial charge on any atom is -0.495 e. The van der Waals surface area contributed by atoms with Gasteiger partial charge in [0.05, 0.1) is 25.2 Å². The number of benzene rings is 1. The molecule has 0 unspecified atom stereocenters. The van der Waals surface area contributed by atoms with E-state index in [4.69, 9.17) is 16.3 Å². The second kappa shape index (κ2) is 7.88. The lowest BCUT2D eigenvalue weighted by molar-refractivity contribution is 0.102. The molecule has 1 amide bonds. The quantitative estimate of drug-likeness (QED) is 0.885. The van der Waals surface area contributed by atoms with Crippen molar-refractivity contribution in [2.24, 2.45) is 0 Å². The van der Waals surface area contributed by atoms with Gasteiger partial charge in [-0.25, -0.2) is 9.97 Å². The number of amides is 1. The molecule has 0 spiro atoms. The van der Waals surface area contributed by atoms with Crippen LogP contribution in [0.5, 0.6) is 5.75 Å². The summed E-state index contributed by atoms with van der Waals surface area (Å²) in [6, 6.07) is 3.44. The summed E-state index contributed by atoms with van der Waals surface area (Å²) < 4.78 is 5.28. The zero-order valence-electron chi connectivity index (χ0n) is 15.1. The smallest absolute Gasteiger partial charge is 0.275 e. The highest BCUT2D eigenvalue weighted by Gasteiger charge is 2.17. The first-order valence-electron chi connectivity index (χ1n) is 8.39. The molecule has 1 aliphatic heterocycles. The maximum atomic E-state index is 12.5. The van der Waals surface area contributed by atoms with E-state index in [9.17, 15) is 4.79 Å². The number of likely N-dealkylation sites (N-methyl/N-ethyl adjacent to an activating group) is 1. The Morgan fingerprint density at radius 3 is 2.54 bits per heavy atom. The molecule has 1 saturated heterocycles. The van der Waals surface area contributed by atoms with Crippen molar-refractivity contribution in [2.75, 3.05) is 50.6 Å². The number of hydrogen-bond acceptors (Lipinski definition) is 6. The molecule has 8 heteroatoms. The highest BCUT2D eigenvalue weighted by Crippen LogP contribution is 2.31. The van der Waals surface area contributed by atoms with Crippen LogP contribution in [-0.4, -0.2) is 61.1 Å². The summed E-state index contributed by atoms with van der Waals surface area (Å²) in [5, 5.41) is 3.39. The summed E-state index contributed by atoms with van der Waals surface area (Å²) in [5.41, 5.74) is 1.64. The third kappa shape index (κ3) is 4.05. The number of methoxy groups -OCH3 is 1. The van der Waals surface area contributed by atoms with Crippen LogP contribution in [-0.2, 0) is 0 Å². The first-order chi connectivity index (χ1) is 12.5. The van der Waals surface area contributed by atoms with Crippen molar-refractivity contribution in [2.45, 2.75) is 6.92 Å². The van der Waals surface area contributed by atoms with Crippen LogP contribution in [0.15, 0.2) is 24.5 Å². The lowest BCUT2D eigenvalue weighted by Crippen LogP contribution is -2.44. The van der Waals surface area contributed by atoms with Crippen molar-refractivity contribution in [3.63, 3.8) is 0 Å². The van der Waals surface area contributed by atoms with Gasteiger partial charge < -0.3 is 19.9 Å². The fourth-order valence-electron chi connectivity index (χ4n) is 2.75. The molecule has 2 aromatic rings. The van der Waals surface area contributed by atoms with Gasteiger partial charge in [0.25, 0.3) is 5.91 Å². The Balaban J connectivity index is 1.72. The van der Waals surface area contributed by atoms with Crippen molar-refractivity contribution in [1.29, 1.82) is 0 Å². The van der Waals surface area contributed by atoms with Crippen LogP contribution in [0.2, 0.25) is 5.02 Å². The number of piperazine rings is 1. The Bertz CT molecular complexity index is 789. The van der Waals surface area contributed by atoms with E-state index < -0.39 is 0 Å². The molecule has 138 valence electrons. The molecule has 1 aliphatic rings. The van der Waals surface area contributed by atoms with Crippen molar-refractivity contribution in [3.8, 4) is 5.75 Å². The van der Waals surface area contributed by atoms with Crippen molar-refractivity contribution >= 4 is 29.0 Å². The van der Waals surface area contributed by atoms with E-state index in [-0.39, 0.29) is 11.6 Å². The van der Waals surface area contributed by atoms with Crippen LogP contribution in [0, 0.1) is 6.92 Å². The Morgan fingerprint density at radius 1 is 1.19 bits per heavy atom. The second-order valence-corrected chi connectivity index (χ2v) is 6.71. The zero-order valence-corrected chi connectivity index (χ0v) is 15.9. The molecule has 0 atom stereocenters. The molecule has 0 bridgehead atoms. The molecule has 3 rings (SSSR count). The van der Waals surface area contributed by atoms with E-state index in [1.807, 2.05) is 6.92 Å². The number of ether oxygens (including phenoxy) is 1. The first-order valence-corrected chi connectivity index (χ1v) is 8.76. The molecular weight excluding hydrogens is 354 g/mol. The Morgan fingerprint density at radius 2 is 1.92 bits per heavy atom. The number of halogens is 1. The van der Waals surface area contributed by atoms with E-state index in [2.05, 4.69) is 32.1 Å². The fraction of sp³-hybridized carbons (Fsp3) is 0.389. The van der Waals surface area contributed by atoms with Crippen LogP contribution in [0.4, 0.5) is 11.5 Å². The molecule has 1 N–H and O–H groups in total. The largest absolute Gasteiger partial charge is 0.495 e. The molecule has 26 heavy (non-hydrogen) atoms. The van der Waals surface area contributed by atoms with Crippen molar-refractivity contribution < 1.29 is 9.53 Å². The van der Waals surface area contributed by atoms with Crippen LogP contribution in [0.3, 0.4) is 0 Å². The molecule has 7 nitrogen and oxygen atoms in total. The lowest BCUT2D eigenvalue weighted by atomic mass is 10.2. The van der Waals surface area contributed by atoms with Crippen LogP contribution >= 0.6 is 11.6 Å². The van der Waals surface area contributed by atoms with Gasteiger partial charge in [-0.1, -0.05) is 11.6 Å². The normalized spacial score (nSPS) is 15.0. The lowest BCUT2D eigenvalue weighted by Gasteiger charge is -2.32. The zero-order chi connectivity index (χ0) is 18.7. The number of nitrogens with one attached hydrogen (secondary N) is 1. The Hall–Kier alpha value is -2.38. The standard InChI is InChI=1S/C18H22ClN5O2/c1-12-8-14(16(26-3)9-13(12)19)22-18(25)15-10-21-17(11-20-15)24-6-4-23(2)5-7-24/h8-11H,4-7H2,1-3H3,(H,22,25). The molecule has 2 heterocycles. The molecule has 0 aliphatic carbocycles. The minimum atomic E-state index is -0.345. The van der Waals surface area contributed by atoms with E-state index >= 15 is 0 Å². The third-order valence-corrected chi connectivity index (χ3v) is 4.83. The number of nitrogens with zero attached hydrogens (tertiary/aromatic N) is 4. The SMILES string of the molecule is COc1cc(Cl)c(C)cc1NC(=O)c1cnc(N2CCN(C)CC2)cn1. The first kappa shape index (κ1) is 18.4. The Kier molecular flexibility index (Phi) is 5.58. The van der Waals surface area contributed by atoms with Gasteiger partial charge in [-0.05, 0) is 25.6 Å². The molecular formula is C18H22ClN5O2. The summed E-state index contributed by atoms with van der Waals surface area (Å²) in [6.07, 6.45) is 3.14. The average molecular weight is 376 g/mol. The molecule has 0 saturated carbocycles. The molecule has 1 aromatic heterocycles. The highest BCUT2D eigenvalue weighted by molar-refractivity contribution is 6.31. The van der Waals surface area contributed by atoms with Gasteiger partial charge in [0, 0.05) is 37.3 Å². The van der Waals surface area contributed by atoms with E-state index in [1.165, 1.54) is 13.3 Å². The molecule has 1 fully saturated rings. The number of rotatable bonds is 4. The predicted octanol–water partition coefficient (Wildman–Crippen LogP) is 2.45. The highest BCUT2D eigenvalue weighted by atomic mass is 35.5. The number of anilines is 2. The van der Waals surface area contributed by atoms with Gasteiger partial charge in [0.2, 0.25) is 0 Å². The number of carbonyl (C=O) groups excluding carboxylic acids is 1. The van der Waals surface area contributed by atoms with Crippen LogP contribution in [0.25, 0.3) is 0 Å². The summed E-state index contributed by atoms with van der Waals surface area (Å²) in [5.74, 6) is 0.938. The number of carbonyl (C=O) groups is 1. The fourth-order valence-corrected chi connectivity index (χ4v) is 2.91. The Labute approximate surface area is 157 Å². The van der Waals surface area contributed by atoms with Gasteiger partial charge >= 0.3 is 0 Å². The number of hydrogen-bond donors (Lipinski definition) is 1. The summed E-state index contributed by atoms with van der Waals surface area (Å²) in [7, 11) is 3.63. The van der Waals surface area contributed by atoms with Crippen LogP contribution in [0.1, 0.15) is 16.1 Å². The topological polar surface area (TPSA) is 70.6 Å². The van der Waals surface area contributed by atoms with E-state index in [1.54, 1.807) is 18.3 Å². The minimum absolute atomic E-state index is 0.248. The maximum Gasteiger partial charge on any atom is 0.275 e. The predicted molar refractivity (Wildman–Crippen MR) is 102 cm³/mol. The number of aromatic nitrogens is 2. The molecule has 0 radical (unpaired) electrons. The third-order valence-electron chi connectivity index (χ3n) is 4.43. The van der Waals surface area contributed by atoms with Crippen molar-refractivity contribution in [3.05, 3.63) is 40.8 Å². The van der Waals surface area contributed by atoms with E-state index in [0.717, 1.165) is 37.6 Å². The van der Waals surface area contributed by atoms with E-state index in [0.29, 0.717) is 16.5 Å². The summed E-state index contributed by atoms with van der Waals surface area (Å²) in [4.78, 5) is 25.6. The number of aryl methyl sites for hydroxylation is 1. The maximum absolute atomic E-state index is 12.5. The molecule has 1 aromatic carbocycles. The summed E-state index contributed by atoms with van der Waals surface area (Å²) in [6.45, 7) is 5.64. The van der Waals surface area contributed by atoms with Gasteiger partial charge in [0.15, 0.2) is 0 Å². The second-order valence-electron chi connectivity index (χ2n) is 6.31. The van der Waals surface area contributed by atoms with Crippen molar-refractivity contribution in [1.82, 2.24) is 14.9 Å². The monoisotopic (exact) mass is 375 g/mol. The van der Waals surface area contributed by atoms with Gasteiger partial charge in [-0.3, -0.25) is 4.79 Å². The average Bonchev–Trinajstić information content (AvgIpc) is 2.65.